The summed E-state index contributed by atoms with van der Waals surface area (Å²) in [6.45, 7) is 11.8. The number of benzene rings is 1. The molecule has 0 saturated heterocycles. The number of aryl methyl sites for hydroxylation is 1. The Hall–Kier alpha value is -2.21. The van der Waals surface area contributed by atoms with Gasteiger partial charge in [-0.2, -0.15) is 0 Å². The monoisotopic (exact) mass is 377 g/mol. The maximum atomic E-state index is 12.7. The first-order chi connectivity index (χ1) is 12.5. The van der Waals surface area contributed by atoms with Gasteiger partial charge < -0.3 is 19.5 Å². The Morgan fingerprint density at radius 2 is 1.58 bits per heavy atom. The largest absolute Gasteiger partial charge is 0.490 e. The molecule has 0 aliphatic heterocycles. The van der Waals surface area contributed by atoms with Crippen LogP contribution >= 0.6 is 11.3 Å². The van der Waals surface area contributed by atoms with E-state index in [1.54, 1.807) is 23.5 Å². The summed E-state index contributed by atoms with van der Waals surface area (Å²) >= 11 is 1.70. The first kappa shape index (κ1) is 20.1. The molecule has 142 valence electrons. The topological polar surface area (TPSA) is 56.8 Å². The smallest absolute Gasteiger partial charge is 0.251 e. The number of hydrogen-bond donors (Lipinski definition) is 1. The lowest BCUT2D eigenvalue weighted by atomic mass is 10.1. The summed E-state index contributed by atoms with van der Waals surface area (Å²) in [6.07, 6.45) is 0. The van der Waals surface area contributed by atoms with Crippen molar-refractivity contribution in [3.63, 3.8) is 0 Å². The summed E-state index contributed by atoms with van der Waals surface area (Å²) in [5.41, 5.74) is 2.86. The molecule has 1 aromatic carbocycles. The predicted octanol–water partition coefficient (Wildman–Crippen LogP) is 4.49. The number of ether oxygens (including phenoxy) is 3. The van der Waals surface area contributed by atoms with Crippen molar-refractivity contribution >= 4 is 17.2 Å². The van der Waals surface area contributed by atoms with Gasteiger partial charge in [0, 0.05) is 17.0 Å². The van der Waals surface area contributed by atoms with E-state index in [0.717, 1.165) is 5.56 Å². The predicted molar refractivity (Wildman–Crippen MR) is 105 cm³/mol. The van der Waals surface area contributed by atoms with Gasteiger partial charge in [-0.25, -0.2) is 0 Å². The first-order valence-corrected chi connectivity index (χ1v) is 9.77. The number of carbonyl (C=O) groups is 1. The Morgan fingerprint density at radius 3 is 2.04 bits per heavy atom. The van der Waals surface area contributed by atoms with E-state index in [-0.39, 0.29) is 5.91 Å². The molecule has 1 heterocycles. The van der Waals surface area contributed by atoms with E-state index in [0.29, 0.717) is 49.2 Å². The lowest BCUT2D eigenvalue weighted by Gasteiger charge is -2.17. The van der Waals surface area contributed by atoms with Crippen LogP contribution in [0.4, 0.5) is 0 Å². The molecule has 0 saturated carbocycles. The molecule has 2 aromatic rings. The molecule has 1 aromatic heterocycles. The number of nitrogens with one attached hydrogen (secondary N) is 1. The Kier molecular flexibility index (Phi) is 7.33. The van der Waals surface area contributed by atoms with Crippen molar-refractivity contribution < 1.29 is 19.0 Å². The van der Waals surface area contributed by atoms with Crippen LogP contribution in [0.2, 0.25) is 0 Å². The average molecular weight is 378 g/mol. The summed E-state index contributed by atoms with van der Waals surface area (Å²) in [6, 6.07) is 3.41. The van der Waals surface area contributed by atoms with Crippen LogP contribution in [0.15, 0.2) is 17.5 Å². The fraction of sp³-hybridized carbons (Fsp3) is 0.450. The minimum Gasteiger partial charge on any atom is -0.490 e. The zero-order valence-electron chi connectivity index (χ0n) is 16.1. The van der Waals surface area contributed by atoms with E-state index >= 15 is 0 Å². The highest BCUT2D eigenvalue weighted by Gasteiger charge is 2.18. The van der Waals surface area contributed by atoms with E-state index < -0.39 is 0 Å². The summed E-state index contributed by atoms with van der Waals surface area (Å²) in [5.74, 6) is 1.41. The van der Waals surface area contributed by atoms with Crippen molar-refractivity contribution in [2.24, 2.45) is 0 Å². The van der Waals surface area contributed by atoms with E-state index in [2.05, 4.69) is 24.5 Å². The molecule has 0 atom stereocenters. The molecule has 6 heteroatoms. The minimum atomic E-state index is -0.168. The second-order valence-electron chi connectivity index (χ2n) is 5.73. The zero-order valence-corrected chi connectivity index (χ0v) is 16.9. The molecule has 0 radical (unpaired) electrons. The molecule has 5 nitrogen and oxygen atoms in total. The average Bonchev–Trinajstić information content (AvgIpc) is 2.94. The third-order valence-corrected chi connectivity index (χ3v) is 5.06. The molecule has 0 aliphatic carbocycles. The number of thiophene rings is 1. The van der Waals surface area contributed by atoms with Crippen molar-refractivity contribution in [3.8, 4) is 17.2 Å². The molecule has 0 aliphatic rings. The van der Waals surface area contributed by atoms with Crippen molar-refractivity contribution in [1.82, 2.24) is 5.32 Å². The molecule has 26 heavy (non-hydrogen) atoms. The molecule has 0 fully saturated rings. The molecule has 0 bridgehead atoms. The normalized spacial score (nSPS) is 10.5. The van der Waals surface area contributed by atoms with Crippen molar-refractivity contribution in [2.45, 2.75) is 41.2 Å². The fourth-order valence-electron chi connectivity index (χ4n) is 2.53. The highest BCUT2D eigenvalue weighted by atomic mass is 32.1. The zero-order chi connectivity index (χ0) is 19.1. The third-order valence-electron chi connectivity index (χ3n) is 4.00. The molecular formula is C20H27NO4S. The summed E-state index contributed by atoms with van der Waals surface area (Å²) < 4.78 is 17.0. The van der Waals surface area contributed by atoms with Crippen LogP contribution in [0, 0.1) is 13.8 Å². The Bertz CT molecular complexity index is 727. The second kappa shape index (κ2) is 9.48. The Morgan fingerprint density at radius 1 is 1.00 bits per heavy atom. The highest BCUT2D eigenvalue weighted by molar-refractivity contribution is 7.10. The van der Waals surface area contributed by atoms with Gasteiger partial charge in [0.1, 0.15) is 0 Å². The minimum absolute atomic E-state index is 0.168. The maximum Gasteiger partial charge on any atom is 0.251 e. The van der Waals surface area contributed by atoms with Crippen LogP contribution in [0.5, 0.6) is 17.2 Å². The summed E-state index contributed by atoms with van der Waals surface area (Å²) in [4.78, 5) is 13.9. The third kappa shape index (κ3) is 4.69. The standard InChI is InChI=1S/C20H27NO4S/c1-6-23-17-9-15(10-18(24-7-2)19(17)25-8-3)20(22)21-11-16-12-26-14(5)13(16)4/h9-10,12H,6-8,11H2,1-5H3,(H,21,22). The molecular weight excluding hydrogens is 350 g/mol. The Labute approximate surface area is 159 Å². The van der Waals surface area contributed by atoms with E-state index in [9.17, 15) is 4.79 Å². The van der Waals surface area contributed by atoms with Crippen molar-refractivity contribution in [2.75, 3.05) is 19.8 Å². The quantitative estimate of drug-likeness (QED) is 0.699. The number of carbonyl (C=O) groups excluding carboxylic acids is 1. The van der Waals surface area contributed by atoms with Crippen LogP contribution in [-0.4, -0.2) is 25.7 Å². The SMILES string of the molecule is CCOc1cc(C(=O)NCc2csc(C)c2C)cc(OCC)c1OCC. The van der Waals surface area contributed by atoms with E-state index in [4.69, 9.17) is 14.2 Å². The number of rotatable bonds is 9. The van der Waals surface area contributed by atoms with Gasteiger partial charge in [-0.1, -0.05) is 0 Å². The van der Waals surface area contributed by atoms with Gasteiger partial charge in [-0.05, 0) is 63.3 Å². The number of hydrogen-bond acceptors (Lipinski definition) is 5. The Balaban J connectivity index is 2.25. The van der Waals surface area contributed by atoms with Gasteiger partial charge in [-0.15, -0.1) is 11.3 Å². The van der Waals surface area contributed by atoms with Crippen LogP contribution < -0.4 is 19.5 Å². The highest BCUT2D eigenvalue weighted by Crippen LogP contribution is 2.39. The number of amides is 1. The molecule has 1 N–H and O–H groups in total. The fourth-order valence-corrected chi connectivity index (χ4v) is 3.42. The summed E-state index contributed by atoms with van der Waals surface area (Å²) in [5, 5.41) is 5.06. The molecule has 0 unspecified atom stereocenters. The molecule has 2 rings (SSSR count). The van der Waals surface area contributed by atoms with Gasteiger partial charge in [0.25, 0.3) is 5.91 Å². The van der Waals surface area contributed by atoms with E-state index in [1.807, 2.05) is 20.8 Å². The summed E-state index contributed by atoms with van der Waals surface area (Å²) in [7, 11) is 0. The lowest BCUT2D eigenvalue weighted by Crippen LogP contribution is -2.23. The van der Waals surface area contributed by atoms with Crippen LogP contribution in [0.25, 0.3) is 0 Å². The van der Waals surface area contributed by atoms with Gasteiger partial charge in [-0.3, -0.25) is 4.79 Å². The van der Waals surface area contributed by atoms with Crippen LogP contribution in [0.3, 0.4) is 0 Å². The first-order valence-electron chi connectivity index (χ1n) is 8.89. The molecule has 0 spiro atoms. The van der Waals surface area contributed by atoms with Crippen molar-refractivity contribution in [3.05, 3.63) is 39.1 Å². The van der Waals surface area contributed by atoms with Gasteiger partial charge in [0.2, 0.25) is 5.75 Å². The maximum absolute atomic E-state index is 12.7. The van der Waals surface area contributed by atoms with Gasteiger partial charge in [0.15, 0.2) is 11.5 Å². The van der Waals surface area contributed by atoms with Gasteiger partial charge >= 0.3 is 0 Å². The van der Waals surface area contributed by atoms with Gasteiger partial charge in [0.05, 0.1) is 19.8 Å². The van der Waals surface area contributed by atoms with Crippen molar-refractivity contribution in [1.29, 1.82) is 0 Å². The lowest BCUT2D eigenvalue weighted by molar-refractivity contribution is 0.0949. The molecule has 1 amide bonds. The second-order valence-corrected chi connectivity index (χ2v) is 6.81. The van der Waals surface area contributed by atoms with E-state index in [1.165, 1.54) is 10.4 Å². The van der Waals surface area contributed by atoms with Crippen LogP contribution in [0.1, 0.15) is 47.1 Å². The van der Waals surface area contributed by atoms with Crippen LogP contribution in [-0.2, 0) is 6.54 Å².